The maximum Gasteiger partial charge on any atom is 0.228 e. The second-order valence-electron chi connectivity index (χ2n) is 8.47. The van der Waals surface area contributed by atoms with Crippen LogP contribution in [0, 0.1) is 5.92 Å². The monoisotopic (exact) mass is 336 g/mol. The van der Waals surface area contributed by atoms with Crippen molar-refractivity contribution < 1.29 is 4.79 Å². The number of rotatable bonds is 4. The summed E-state index contributed by atoms with van der Waals surface area (Å²) in [5, 5.41) is 0. The Morgan fingerprint density at radius 3 is 1.79 bits per heavy atom. The minimum absolute atomic E-state index is 0.263. The van der Waals surface area contributed by atoms with Gasteiger partial charge in [-0.05, 0) is 53.6 Å². The van der Waals surface area contributed by atoms with Crippen molar-refractivity contribution in [3.8, 4) is 0 Å². The summed E-state index contributed by atoms with van der Waals surface area (Å²) in [7, 11) is 0. The van der Waals surface area contributed by atoms with Gasteiger partial charge < -0.3 is 9.80 Å². The lowest BCUT2D eigenvalue weighted by molar-refractivity contribution is -0.144. The lowest BCUT2D eigenvalue weighted by Gasteiger charge is -2.48. The fraction of sp³-hybridized carbons (Fsp3) is 0.947. The van der Waals surface area contributed by atoms with Crippen molar-refractivity contribution >= 4 is 5.91 Å². The van der Waals surface area contributed by atoms with Crippen LogP contribution in [-0.2, 0) is 4.79 Å². The molecule has 24 heavy (non-hydrogen) atoms. The number of hydrogen-bond donors (Lipinski definition) is 0. The van der Waals surface area contributed by atoms with Crippen LogP contribution in [0.25, 0.3) is 0 Å². The van der Waals surface area contributed by atoms with Crippen LogP contribution in [0.5, 0.6) is 0 Å². The number of carbonyl (C=O) groups is 1. The molecule has 0 radical (unpaired) electrons. The Hall–Kier alpha value is -0.650. The van der Waals surface area contributed by atoms with E-state index in [0.717, 1.165) is 39.3 Å². The van der Waals surface area contributed by atoms with Crippen LogP contribution in [0.1, 0.15) is 40.5 Å². The molecule has 3 fully saturated rings. The zero-order chi connectivity index (χ0) is 17.3. The zero-order valence-corrected chi connectivity index (χ0v) is 16.1. The molecular weight excluding hydrogens is 300 g/mol. The fourth-order valence-electron chi connectivity index (χ4n) is 4.45. The number of piperidine rings is 1. The van der Waals surface area contributed by atoms with Crippen molar-refractivity contribution in [3.63, 3.8) is 0 Å². The number of amides is 1. The molecule has 0 aliphatic carbocycles. The summed E-state index contributed by atoms with van der Waals surface area (Å²) >= 11 is 0. The Morgan fingerprint density at radius 1 is 0.792 bits per heavy atom. The van der Waals surface area contributed by atoms with Crippen LogP contribution in [0.2, 0.25) is 0 Å². The smallest absolute Gasteiger partial charge is 0.228 e. The van der Waals surface area contributed by atoms with Gasteiger partial charge in [0, 0.05) is 57.4 Å². The third-order valence-corrected chi connectivity index (χ3v) is 6.36. The first-order valence-corrected chi connectivity index (χ1v) is 9.96. The van der Waals surface area contributed by atoms with E-state index < -0.39 is 0 Å². The largest absolute Gasteiger partial charge is 0.340 e. The average molecular weight is 337 g/mol. The first kappa shape index (κ1) is 18.2. The summed E-state index contributed by atoms with van der Waals surface area (Å²) in [6, 6.07) is 1.97. The molecule has 5 heteroatoms. The molecule has 3 heterocycles. The van der Waals surface area contributed by atoms with Crippen molar-refractivity contribution in [2.45, 2.75) is 58.7 Å². The Morgan fingerprint density at radius 2 is 1.29 bits per heavy atom. The average Bonchev–Trinajstić information content (AvgIpc) is 2.54. The summed E-state index contributed by atoms with van der Waals surface area (Å²) in [5.41, 5.74) is 0. The van der Waals surface area contributed by atoms with Gasteiger partial charge in [0.15, 0.2) is 0 Å². The van der Waals surface area contributed by atoms with Gasteiger partial charge >= 0.3 is 0 Å². The lowest BCUT2D eigenvalue weighted by atomic mass is 9.91. The molecule has 0 saturated carbocycles. The SMILES string of the molecule is CC(C)N1CCC(N2CC(C(=O)N3CCN(C(C)C)CC3)C2)CC1. The second-order valence-corrected chi connectivity index (χ2v) is 8.47. The van der Waals surface area contributed by atoms with Crippen LogP contribution in [0.15, 0.2) is 0 Å². The molecule has 0 bridgehead atoms. The van der Waals surface area contributed by atoms with Gasteiger partial charge in [-0.3, -0.25) is 14.6 Å². The highest BCUT2D eigenvalue weighted by Crippen LogP contribution is 2.27. The summed E-state index contributed by atoms with van der Waals surface area (Å²) in [6.45, 7) is 17.4. The Balaban J connectivity index is 1.38. The summed E-state index contributed by atoms with van der Waals surface area (Å²) < 4.78 is 0. The minimum atomic E-state index is 0.263. The first-order chi connectivity index (χ1) is 11.5. The predicted octanol–water partition coefficient (Wildman–Crippen LogP) is 1.34. The van der Waals surface area contributed by atoms with Crippen molar-refractivity contribution in [1.82, 2.24) is 19.6 Å². The second kappa shape index (κ2) is 7.71. The van der Waals surface area contributed by atoms with Crippen LogP contribution < -0.4 is 0 Å². The summed E-state index contributed by atoms with van der Waals surface area (Å²) in [6.07, 6.45) is 2.54. The molecule has 138 valence electrons. The Labute approximate surface area is 147 Å². The Kier molecular flexibility index (Phi) is 5.83. The molecule has 3 rings (SSSR count). The number of carbonyl (C=O) groups excluding carboxylic acids is 1. The van der Waals surface area contributed by atoms with Crippen molar-refractivity contribution in [2.75, 3.05) is 52.4 Å². The molecule has 0 atom stereocenters. The molecule has 1 amide bonds. The van der Waals surface area contributed by atoms with Crippen LogP contribution >= 0.6 is 0 Å². The van der Waals surface area contributed by atoms with E-state index >= 15 is 0 Å². The topological polar surface area (TPSA) is 30.0 Å². The fourth-order valence-corrected chi connectivity index (χ4v) is 4.45. The van der Waals surface area contributed by atoms with E-state index in [9.17, 15) is 4.79 Å². The van der Waals surface area contributed by atoms with Crippen molar-refractivity contribution in [3.05, 3.63) is 0 Å². The highest BCUT2D eigenvalue weighted by molar-refractivity contribution is 5.80. The highest BCUT2D eigenvalue weighted by Gasteiger charge is 2.40. The number of likely N-dealkylation sites (tertiary alicyclic amines) is 2. The van der Waals surface area contributed by atoms with E-state index in [4.69, 9.17) is 0 Å². The first-order valence-electron chi connectivity index (χ1n) is 9.96. The molecule has 3 aliphatic rings. The molecule has 3 saturated heterocycles. The molecule has 0 aromatic carbocycles. The van der Waals surface area contributed by atoms with Gasteiger partial charge in [0.25, 0.3) is 0 Å². The van der Waals surface area contributed by atoms with Gasteiger partial charge in [0.05, 0.1) is 5.92 Å². The molecule has 0 unspecified atom stereocenters. The van der Waals surface area contributed by atoms with Gasteiger partial charge in [0.2, 0.25) is 5.91 Å². The van der Waals surface area contributed by atoms with E-state index in [1.807, 2.05) is 0 Å². The molecule has 0 spiro atoms. The van der Waals surface area contributed by atoms with Gasteiger partial charge in [-0.2, -0.15) is 0 Å². The third-order valence-electron chi connectivity index (χ3n) is 6.36. The van der Waals surface area contributed by atoms with Gasteiger partial charge in [-0.15, -0.1) is 0 Å². The van der Waals surface area contributed by atoms with Crippen LogP contribution in [0.4, 0.5) is 0 Å². The maximum absolute atomic E-state index is 12.7. The van der Waals surface area contributed by atoms with Gasteiger partial charge in [0.1, 0.15) is 0 Å². The number of nitrogens with zero attached hydrogens (tertiary/aromatic N) is 4. The van der Waals surface area contributed by atoms with Crippen LogP contribution in [0.3, 0.4) is 0 Å². The Bertz CT molecular complexity index is 417. The molecule has 0 N–H and O–H groups in total. The van der Waals surface area contributed by atoms with Gasteiger partial charge in [-0.25, -0.2) is 0 Å². The van der Waals surface area contributed by atoms with Gasteiger partial charge in [-0.1, -0.05) is 0 Å². The van der Waals surface area contributed by atoms with Crippen molar-refractivity contribution in [1.29, 1.82) is 0 Å². The molecule has 0 aromatic heterocycles. The van der Waals surface area contributed by atoms with Crippen molar-refractivity contribution in [2.24, 2.45) is 5.92 Å². The van der Waals surface area contributed by atoms with E-state index in [1.54, 1.807) is 0 Å². The quantitative estimate of drug-likeness (QED) is 0.775. The number of piperazine rings is 1. The normalized spacial score (nSPS) is 26.3. The standard InChI is InChI=1S/C19H36N4O/c1-15(2)20-7-5-18(6-8-20)23-13-17(14-23)19(24)22-11-9-21(10-12-22)16(3)4/h15-18H,5-14H2,1-4H3. The molecular formula is C19H36N4O. The predicted molar refractivity (Wildman–Crippen MR) is 98.1 cm³/mol. The molecule has 5 nitrogen and oxygen atoms in total. The zero-order valence-electron chi connectivity index (χ0n) is 16.1. The van der Waals surface area contributed by atoms with E-state index in [2.05, 4.69) is 47.3 Å². The number of hydrogen-bond acceptors (Lipinski definition) is 4. The van der Waals surface area contributed by atoms with E-state index in [0.29, 0.717) is 24.0 Å². The minimum Gasteiger partial charge on any atom is -0.340 e. The van der Waals surface area contributed by atoms with Crippen LogP contribution in [-0.4, -0.2) is 96.0 Å². The highest BCUT2D eigenvalue weighted by atomic mass is 16.2. The van der Waals surface area contributed by atoms with E-state index in [-0.39, 0.29) is 5.92 Å². The lowest BCUT2D eigenvalue weighted by Crippen LogP contribution is -2.61. The maximum atomic E-state index is 12.7. The summed E-state index contributed by atoms with van der Waals surface area (Å²) in [4.78, 5) is 22.4. The molecule has 0 aromatic rings. The molecule has 3 aliphatic heterocycles. The third kappa shape index (κ3) is 3.94. The summed E-state index contributed by atoms with van der Waals surface area (Å²) in [5.74, 6) is 0.674. The van der Waals surface area contributed by atoms with E-state index in [1.165, 1.54) is 25.9 Å².